The molecule has 2 saturated heterocycles. The maximum atomic E-state index is 10.4. The van der Waals surface area contributed by atoms with Gasteiger partial charge in [0.05, 0.1) is 6.42 Å². The van der Waals surface area contributed by atoms with Crippen LogP contribution in [-0.4, -0.2) is 47.7 Å². The van der Waals surface area contributed by atoms with Crippen molar-refractivity contribution in [2.45, 2.75) is 56.7 Å². The molecule has 0 radical (unpaired) electrons. The standard InChI is InChI=1S/C12H22N2O2/c1-14-10-3-2-4-11(14)8-9(7-10)13-6-5-12(15)16/h9-11,13H,2-8H2,1H3,(H,15,16). The van der Waals surface area contributed by atoms with Gasteiger partial charge in [-0.05, 0) is 32.7 Å². The van der Waals surface area contributed by atoms with Gasteiger partial charge in [-0.15, -0.1) is 0 Å². The quantitative estimate of drug-likeness (QED) is 0.753. The summed E-state index contributed by atoms with van der Waals surface area (Å²) in [5.41, 5.74) is 0. The third-order valence-electron chi connectivity index (χ3n) is 4.11. The van der Waals surface area contributed by atoms with Crippen LogP contribution in [0.2, 0.25) is 0 Å². The molecule has 0 aromatic carbocycles. The van der Waals surface area contributed by atoms with E-state index in [1.54, 1.807) is 0 Å². The van der Waals surface area contributed by atoms with Crippen molar-refractivity contribution in [1.82, 2.24) is 10.2 Å². The minimum atomic E-state index is -0.708. The molecule has 0 spiro atoms. The van der Waals surface area contributed by atoms with E-state index in [0.29, 0.717) is 12.6 Å². The zero-order chi connectivity index (χ0) is 11.5. The molecule has 0 saturated carbocycles. The number of hydrogen-bond acceptors (Lipinski definition) is 3. The molecule has 2 atom stereocenters. The molecule has 0 aromatic heterocycles. The van der Waals surface area contributed by atoms with E-state index in [9.17, 15) is 4.79 Å². The zero-order valence-electron chi connectivity index (χ0n) is 9.98. The average Bonchev–Trinajstić information content (AvgIpc) is 2.18. The number of piperidine rings is 2. The number of aliphatic carboxylic acids is 1. The Balaban J connectivity index is 1.78. The molecule has 2 aliphatic heterocycles. The second-order valence-corrected chi connectivity index (χ2v) is 5.17. The van der Waals surface area contributed by atoms with Crippen molar-refractivity contribution in [3.63, 3.8) is 0 Å². The molecule has 4 heteroatoms. The molecule has 0 amide bonds. The first-order valence-electron chi connectivity index (χ1n) is 6.34. The third kappa shape index (κ3) is 2.74. The predicted octanol–water partition coefficient (Wildman–Crippen LogP) is 1.07. The Bertz CT molecular complexity index is 243. The van der Waals surface area contributed by atoms with Gasteiger partial charge in [0.15, 0.2) is 0 Å². The Labute approximate surface area is 97.0 Å². The predicted molar refractivity (Wildman–Crippen MR) is 62.5 cm³/mol. The van der Waals surface area contributed by atoms with E-state index in [1.807, 2.05) is 0 Å². The smallest absolute Gasteiger partial charge is 0.304 e. The first kappa shape index (κ1) is 11.9. The lowest BCUT2D eigenvalue weighted by Gasteiger charge is -2.47. The highest BCUT2D eigenvalue weighted by molar-refractivity contribution is 5.66. The van der Waals surface area contributed by atoms with Crippen molar-refractivity contribution in [1.29, 1.82) is 0 Å². The van der Waals surface area contributed by atoms with Crippen LogP contribution < -0.4 is 5.32 Å². The summed E-state index contributed by atoms with van der Waals surface area (Å²) < 4.78 is 0. The molecule has 2 rings (SSSR count). The Morgan fingerprint density at radius 2 is 2.00 bits per heavy atom. The van der Waals surface area contributed by atoms with Crippen LogP contribution in [0, 0.1) is 0 Å². The Kier molecular flexibility index (Phi) is 3.82. The number of carboxylic acids is 1. The summed E-state index contributed by atoms with van der Waals surface area (Å²) in [7, 11) is 2.24. The van der Waals surface area contributed by atoms with E-state index in [2.05, 4.69) is 17.3 Å². The number of nitrogens with one attached hydrogen (secondary N) is 1. The number of rotatable bonds is 4. The van der Waals surface area contributed by atoms with Gasteiger partial charge >= 0.3 is 5.97 Å². The first-order valence-corrected chi connectivity index (χ1v) is 6.34. The van der Waals surface area contributed by atoms with Crippen molar-refractivity contribution in [3.05, 3.63) is 0 Å². The largest absolute Gasteiger partial charge is 0.481 e. The SMILES string of the molecule is CN1C2CCCC1CC(NCCC(=O)O)C2. The van der Waals surface area contributed by atoms with Gasteiger partial charge < -0.3 is 15.3 Å². The van der Waals surface area contributed by atoms with Crippen molar-refractivity contribution in [2.75, 3.05) is 13.6 Å². The fraction of sp³-hybridized carbons (Fsp3) is 0.917. The van der Waals surface area contributed by atoms with Crippen LogP contribution >= 0.6 is 0 Å². The summed E-state index contributed by atoms with van der Waals surface area (Å²) in [5.74, 6) is -0.708. The molecule has 4 nitrogen and oxygen atoms in total. The zero-order valence-corrected chi connectivity index (χ0v) is 9.98. The Morgan fingerprint density at radius 1 is 1.38 bits per heavy atom. The molecule has 16 heavy (non-hydrogen) atoms. The van der Waals surface area contributed by atoms with Crippen LogP contribution in [0.1, 0.15) is 38.5 Å². The van der Waals surface area contributed by atoms with Gasteiger partial charge in [-0.2, -0.15) is 0 Å². The molecule has 0 aliphatic carbocycles. The van der Waals surface area contributed by atoms with Gasteiger partial charge in [-0.3, -0.25) is 4.79 Å². The van der Waals surface area contributed by atoms with Gasteiger partial charge in [0.1, 0.15) is 0 Å². The maximum Gasteiger partial charge on any atom is 0.304 e. The van der Waals surface area contributed by atoms with Crippen molar-refractivity contribution in [3.8, 4) is 0 Å². The molecule has 2 heterocycles. The van der Waals surface area contributed by atoms with Gasteiger partial charge in [0.25, 0.3) is 0 Å². The van der Waals surface area contributed by atoms with Gasteiger partial charge in [-0.25, -0.2) is 0 Å². The summed E-state index contributed by atoms with van der Waals surface area (Å²) in [6, 6.07) is 1.97. The van der Waals surface area contributed by atoms with Crippen LogP contribution in [0.25, 0.3) is 0 Å². The first-order chi connectivity index (χ1) is 7.66. The monoisotopic (exact) mass is 226 g/mol. The molecule has 0 aromatic rings. The summed E-state index contributed by atoms with van der Waals surface area (Å²) in [5, 5.41) is 12.0. The topological polar surface area (TPSA) is 52.6 Å². The van der Waals surface area contributed by atoms with Crippen molar-refractivity contribution >= 4 is 5.97 Å². The van der Waals surface area contributed by atoms with Crippen molar-refractivity contribution in [2.24, 2.45) is 0 Å². The van der Waals surface area contributed by atoms with E-state index in [-0.39, 0.29) is 6.42 Å². The number of nitrogens with zero attached hydrogens (tertiary/aromatic N) is 1. The molecular weight excluding hydrogens is 204 g/mol. The highest BCUT2D eigenvalue weighted by atomic mass is 16.4. The lowest BCUT2D eigenvalue weighted by molar-refractivity contribution is -0.136. The second-order valence-electron chi connectivity index (χ2n) is 5.17. The number of hydrogen-bond donors (Lipinski definition) is 2. The molecule has 2 bridgehead atoms. The van der Waals surface area contributed by atoms with E-state index in [0.717, 1.165) is 12.1 Å². The second kappa shape index (κ2) is 5.15. The van der Waals surface area contributed by atoms with E-state index in [4.69, 9.17) is 5.11 Å². The van der Waals surface area contributed by atoms with Gasteiger partial charge in [0.2, 0.25) is 0 Å². The van der Waals surface area contributed by atoms with Crippen LogP contribution in [0.4, 0.5) is 0 Å². The summed E-state index contributed by atoms with van der Waals surface area (Å²) >= 11 is 0. The number of fused-ring (bicyclic) bond motifs is 2. The number of carbonyl (C=O) groups is 1. The molecule has 2 unspecified atom stereocenters. The van der Waals surface area contributed by atoms with Crippen LogP contribution in [0.3, 0.4) is 0 Å². The average molecular weight is 226 g/mol. The fourth-order valence-corrected chi connectivity index (χ4v) is 3.17. The molecular formula is C12H22N2O2. The third-order valence-corrected chi connectivity index (χ3v) is 4.11. The Morgan fingerprint density at radius 3 is 2.56 bits per heavy atom. The van der Waals surface area contributed by atoms with Crippen LogP contribution in [0.5, 0.6) is 0 Å². The molecule has 2 aliphatic rings. The minimum absolute atomic E-state index is 0.238. The highest BCUT2D eigenvalue weighted by Gasteiger charge is 2.35. The molecule has 92 valence electrons. The Hall–Kier alpha value is -0.610. The lowest BCUT2D eigenvalue weighted by atomic mass is 9.82. The lowest BCUT2D eigenvalue weighted by Crippen LogP contribution is -2.54. The van der Waals surface area contributed by atoms with E-state index in [1.165, 1.54) is 32.1 Å². The van der Waals surface area contributed by atoms with E-state index < -0.39 is 5.97 Å². The van der Waals surface area contributed by atoms with Crippen LogP contribution in [0.15, 0.2) is 0 Å². The van der Waals surface area contributed by atoms with Crippen molar-refractivity contribution < 1.29 is 9.90 Å². The van der Waals surface area contributed by atoms with Gasteiger partial charge in [-0.1, -0.05) is 6.42 Å². The fourth-order valence-electron chi connectivity index (χ4n) is 3.17. The minimum Gasteiger partial charge on any atom is -0.481 e. The van der Waals surface area contributed by atoms with Gasteiger partial charge in [0, 0.05) is 24.7 Å². The van der Waals surface area contributed by atoms with Crippen LogP contribution in [-0.2, 0) is 4.79 Å². The summed E-state index contributed by atoms with van der Waals surface area (Å²) in [6.45, 7) is 0.614. The maximum absolute atomic E-state index is 10.4. The number of carboxylic acid groups (broad SMARTS) is 1. The normalized spacial score (nSPS) is 34.9. The molecule has 2 N–H and O–H groups in total. The highest BCUT2D eigenvalue weighted by Crippen LogP contribution is 2.32. The summed E-state index contributed by atoms with van der Waals surface area (Å²) in [6.07, 6.45) is 6.59. The summed E-state index contributed by atoms with van der Waals surface area (Å²) in [4.78, 5) is 13.0. The molecule has 2 fully saturated rings. The van der Waals surface area contributed by atoms with E-state index >= 15 is 0 Å².